The maximum absolute atomic E-state index is 14.2. The van der Waals surface area contributed by atoms with Crippen LogP contribution in [0.4, 0.5) is 37.5 Å². The van der Waals surface area contributed by atoms with Crippen molar-refractivity contribution in [3.63, 3.8) is 0 Å². The Balaban J connectivity index is 1.24. The standard InChI is InChI=1S/C36H37F2N7O4/c1-4-12-43-13-15-44(16-14-43)31-21-33(47-3)29(20-28(31)42-36(46)5-2)41-34-22-35(40-23-39-34)45-30(11-17-48-45)24-7-6-8-26(18-24)49-32-19-25(37)9-10-27(32)38/h4-10,18-23,30H,1-2,11-17H2,3H3,(H,42,46)(H,39,40,41)/t30-/m1/s1. The summed E-state index contributed by atoms with van der Waals surface area (Å²) >= 11 is 0. The molecule has 2 N–H and O–H groups in total. The molecule has 0 saturated carbocycles. The van der Waals surface area contributed by atoms with Gasteiger partial charge < -0.3 is 25.0 Å². The summed E-state index contributed by atoms with van der Waals surface area (Å²) in [5.41, 5.74) is 2.85. The normalized spacial score (nSPS) is 16.3. The van der Waals surface area contributed by atoms with Crippen molar-refractivity contribution in [1.82, 2.24) is 14.9 Å². The van der Waals surface area contributed by atoms with Crippen LogP contribution in [-0.2, 0) is 9.63 Å². The maximum Gasteiger partial charge on any atom is 0.247 e. The highest BCUT2D eigenvalue weighted by atomic mass is 19.1. The Hall–Kier alpha value is -5.53. The van der Waals surface area contributed by atoms with Gasteiger partial charge in [-0.2, -0.15) is 0 Å². The number of nitrogens with one attached hydrogen (secondary N) is 2. The third kappa shape index (κ3) is 7.79. The van der Waals surface area contributed by atoms with Crippen LogP contribution in [0.25, 0.3) is 0 Å². The van der Waals surface area contributed by atoms with Crippen molar-refractivity contribution in [2.24, 2.45) is 0 Å². The van der Waals surface area contributed by atoms with Crippen molar-refractivity contribution in [3.05, 3.63) is 109 Å². The molecule has 0 bridgehead atoms. The molecule has 3 aromatic carbocycles. The molecule has 254 valence electrons. The summed E-state index contributed by atoms with van der Waals surface area (Å²) in [6.07, 6.45) is 5.20. The molecule has 6 rings (SSSR count). The lowest BCUT2D eigenvalue weighted by Crippen LogP contribution is -2.46. The molecule has 3 heterocycles. The number of benzene rings is 3. The monoisotopic (exact) mass is 669 g/mol. The number of anilines is 5. The van der Waals surface area contributed by atoms with Gasteiger partial charge in [0.2, 0.25) is 5.91 Å². The number of halogens is 2. The summed E-state index contributed by atoms with van der Waals surface area (Å²) in [7, 11) is 1.59. The Morgan fingerprint density at radius 2 is 1.86 bits per heavy atom. The molecule has 13 heteroatoms. The van der Waals surface area contributed by atoms with Crippen molar-refractivity contribution in [1.29, 1.82) is 0 Å². The molecule has 0 radical (unpaired) electrons. The highest BCUT2D eigenvalue weighted by Gasteiger charge is 2.30. The molecule has 1 amide bonds. The number of piperazine rings is 1. The van der Waals surface area contributed by atoms with Crippen molar-refractivity contribution in [2.45, 2.75) is 12.5 Å². The van der Waals surface area contributed by atoms with Crippen LogP contribution in [0.2, 0.25) is 0 Å². The second kappa shape index (κ2) is 15.1. The first kappa shape index (κ1) is 33.4. The van der Waals surface area contributed by atoms with Crippen LogP contribution in [0.3, 0.4) is 0 Å². The van der Waals surface area contributed by atoms with Gasteiger partial charge in [0, 0.05) is 57.3 Å². The largest absolute Gasteiger partial charge is 0.494 e. The van der Waals surface area contributed by atoms with Gasteiger partial charge in [0.15, 0.2) is 17.4 Å². The van der Waals surface area contributed by atoms with Gasteiger partial charge in [-0.25, -0.2) is 23.8 Å². The number of carbonyl (C=O) groups excluding carboxylic acids is 1. The minimum absolute atomic E-state index is 0.204. The van der Waals surface area contributed by atoms with Crippen LogP contribution in [0.15, 0.2) is 92.3 Å². The molecule has 1 aromatic heterocycles. The van der Waals surface area contributed by atoms with Gasteiger partial charge in [0.05, 0.1) is 36.8 Å². The zero-order valence-electron chi connectivity index (χ0n) is 27.1. The predicted octanol–water partition coefficient (Wildman–Crippen LogP) is 6.61. The first-order valence-corrected chi connectivity index (χ1v) is 15.8. The molecule has 2 fully saturated rings. The zero-order chi connectivity index (χ0) is 34.3. The molecule has 2 saturated heterocycles. The number of hydrogen-bond donors (Lipinski definition) is 2. The minimum atomic E-state index is -0.665. The van der Waals surface area contributed by atoms with Gasteiger partial charge in [0.1, 0.15) is 29.5 Å². The SMILES string of the molecule is C=CCN1CCN(c2cc(OC)c(Nc3cc(N4OCC[C@@H]4c4cccc(Oc5cc(F)ccc5F)c4)ncn3)cc2NC(=O)C=C)CC1. The lowest BCUT2D eigenvalue weighted by molar-refractivity contribution is -0.111. The molecular formula is C36H37F2N7O4. The van der Waals surface area contributed by atoms with E-state index in [9.17, 15) is 13.6 Å². The molecule has 49 heavy (non-hydrogen) atoms. The molecule has 0 spiro atoms. The van der Waals surface area contributed by atoms with Crippen molar-refractivity contribution >= 4 is 34.6 Å². The van der Waals surface area contributed by atoms with Gasteiger partial charge >= 0.3 is 0 Å². The number of methoxy groups -OCH3 is 1. The van der Waals surface area contributed by atoms with E-state index in [1.807, 2.05) is 24.3 Å². The third-order valence-electron chi connectivity index (χ3n) is 8.27. The van der Waals surface area contributed by atoms with Crippen molar-refractivity contribution in [2.75, 3.05) is 67.0 Å². The summed E-state index contributed by atoms with van der Waals surface area (Å²) in [5, 5.41) is 7.95. The molecule has 4 aromatic rings. The second-order valence-electron chi connectivity index (χ2n) is 11.4. The number of carbonyl (C=O) groups is 1. The highest BCUT2D eigenvalue weighted by molar-refractivity contribution is 6.02. The third-order valence-corrected chi connectivity index (χ3v) is 8.27. The average Bonchev–Trinajstić information content (AvgIpc) is 3.61. The number of amides is 1. The lowest BCUT2D eigenvalue weighted by atomic mass is 10.0. The number of hydroxylamine groups is 1. The van der Waals surface area contributed by atoms with E-state index in [1.165, 1.54) is 12.4 Å². The van der Waals surface area contributed by atoms with E-state index >= 15 is 0 Å². The Kier molecular flexibility index (Phi) is 10.3. The Morgan fingerprint density at radius 3 is 2.63 bits per heavy atom. The summed E-state index contributed by atoms with van der Waals surface area (Å²) < 4.78 is 39.4. The van der Waals surface area contributed by atoms with Crippen LogP contribution in [0.5, 0.6) is 17.2 Å². The topological polar surface area (TPSA) is 104 Å². The molecule has 2 aliphatic rings. The van der Waals surface area contributed by atoms with Crippen LogP contribution < -0.4 is 30.1 Å². The van der Waals surface area contributed by atoms with Gasteiger partial charge in [0.25, 0.3) is 0 Å². The van der Waals surface area contributed by atoms with E-state index < -0.39 is 11.6 Å². The summed E-state index contributed by atoms with van der Waals surface area (Å²) in [6, 6.07) is 15.4. The number of aromatic nitrogens is 2. The molecular weight excluding hydrogens is 632 g/mol. The quantitative estimate of drug-likeness (QED) is 0.126. The fourth-order valence-corrected chi connectivity index (χ4v) is 5.87. The number of ether oxygens (including phenoxy) is 2. The first-order chi connectivity index (χ1) is 23.8. The fourth-order valence-electron chi connectivity index (χ4n) is 5.87. The van der Waals surface area contributed by atoms with E-state index in [1.54, 1.807) is 36.4 Å². The van der Waals surface area contributed by atoms with Crippen molar-refractivity contribution in [3.8, 4) is 17.2 Å². The summed E-state index contributed by atoms with van der Waals surface area (Å²) in [4.78, 5) is 31.9. The van der Waals surface area contributed by atoms with Crippen LogP contribution >= 0.6 is 0 Å². The first-order valence-electron chi connectivity index (χ1n) is 15.8. The Bertz CT molecular complexity index is 1830. The van der Waals surface area contributed by atoms with Gasteiger partial charge in [-0.1, -0.05) is 24.8 Å². The van der Waals surface area contributed by atoms with Crippen molar-refractivity contribution < 1.29 is 27.9 Å². The molecule has 2 aliphatic heterocycles. The fraction of sp³-hybridized carbons (Fsp3) is 0.250. The smallest absolute Gasteiger partial charge is 0.247 e. The van der Waals surface area contributed by atoms with Crippen LogP contribution in [-0.4, -0.2) is 67.2 Å². The maximum atomic E-state index is 14.2. The lowest BCUT2D eigenvalue weighted by Gasteiger charge is -2.36. The predicted molar refractivity (Wildman–Crippen MR) is 185 cm³/mol. The number of hydrogen-bond acceptors (Lipinski definition) is 10. The molecule has 0 unspecified atom stereocenters. The van der Waals surface area contributed by atoms with E-state index in [-0.39, 0.29) is 17.7 Å². The van der Waals surface area contributed by atoms with Gasteiger partial charge in [-0.15, -0.1) is 6.58 Å². The van der Waals surface area contributed by atoms with E-state index in [0.29, 0.717) is 47.5 Å². The Labute approximate surface area is 283 Å². The molecule has 11 nitrogen and oxygen atoms in total. The summed E-state index contributed by atoms with van der Waals surface area (Å²) in [6.45, 7) is 12.0. The number of rotatable bonds is 12. The van der Waals surface area contributed by atoms with Crippen LogP contribution in [0, 0.1) is 11.6 Å². The van der Waals surface area contributed by atoms with E-state index in [2.05, 4.69) is 43.6 Å². The van der Waals surface area contributed by atoms with Crippen LogP contribution in [0.1, 0.15) is 18.0 Å². The molecule has 0 aliphatic carbocycles. The zero-order valence-corrected chi connectivity index (χ0v) is 27.1. The van der Waals surface area contributed by atoms with E-state index in [0.717, 1.165) is 62.2 Å². The average molecular weight is 670 g/mol. The molecule has 1 atom stereocenters. The highest BCUT2D eigenvalue weighted by Crippen LogP contribution is 2.40. The second-order valence-corrected chi connectivity index (χ2v) is 11.4. The summed E-state index contributed by atoms with van der Waals surface area (Å²) in [5.74, 6) is 0.0699. The van der Waals surface area contributed by atoms with E-state index in [4.69, 9.17) is 14.3 Å². The minimum Gasteiger partial charge on any atom is -0.494 e. The Morgan fingerprint density at radius 1 is 1.02 bits per heavy atom. The van der Waals surface area contributed by atoms with Gasteiger partial charge in [-0.05, 0) is 42.0 Å². The van der Waals surface area contributed by atoms with Gasteiger partial charge in [-0.3, -0.25) is 14.5 Å². The number of nitrogens with zero attached hydrogens (tertiary/aromatic N) is 5.